The van der Waals surface area contributed by atoms with E-state index in [0.29, 0.717) is 0 Å². The summed E-state index contributed by atoms with van der Waals surface area (Å²) in [5.74, 6) is -4.84. The van der Waals surface area contributed by atoms with Gasteiger partial charge in [-0.15, -0.1) is 0 Å². The molecule has 68 valence electrons. The predicted octanol–water partition coefficient (Wildman–Crippen LogP) is -1.40. The van der Waals surface area contributed by atoms with Crippen LogP contribution in [0.25, 0.3) is 0 Å². The fourth-order valence-electron chi connectivity index (χ4n) is 0.565. The summed E-state index contributed by atoms with van der Waals surface area (Å²) in [6, 6.07) is 0. The van der Waals surface area contributed by atoms with Gasteiger partial charge in [-0.2, -0.15) is 25.3 Å². The van der Waals surface area contributed by atoms with Crippen molar-refractivity contribution < 1.29 is 20.4 Å². The van der Waals surface area contributed by atoms with Crippen LogP contribution in [0, 0.1) is 0 Å². The maximum atomic E-state index is 8.92. The molecule has 0 unspecified atom stereocenters. The van der Waals surface area contributed by atoms with Crippen molar-refractivity contribution >= 4 is 25.3 Å². The van der Waals surface area contributed by atoms with Gasteiger partial charge in [0.2, 0.25) is 0 Å². The Morgan fingerprint density at radius 2 is 1.09 bits per heavy atom. The summed E-state index contributed by atoms with van der Waals surface area (Å²) in [6.07, 6.45) is -0.590. The average molecular weight is 200 g/mol. The number of hydrogen-bond donors (Lipinski definition) is 6. The molecule has 0 aliphatic heterocycles. The van der Waals surface area contributed by atoms with Gasteiger partial charge in [-0.3, -0.25) is 0 Å². The Kier molecular flexibility index (Phi) is 4.17. The highest BCUT2D eigenvalue weighted by molar-refractivity contribution is 7.80. The van der Waals surface area contributed by atoms with Crippen LogP contribution in [0.15, 0.2) is 0 Å². The number of hydrogen-bond acceptors (Lipinski definition) is 6. The van der Waals surface area contributed by atoms with Gasteiger partial charge in [-0.05, 0) is 0 Å². The third-order valence-electron chi connectivity index (χ3n) is 1.07. The first-order valence-electron chi connectivity index (χ1n) is 2.94. The molecule has 0 saturated heterocycles. The Morgan fingerprint density at radius 1 is 0.818 bits per heavy atom. The molecular weight excluding hydrogens is 188 g/mol. The zero-order valence-electron chi connectivity index (χ0n) is 5.80. The van der Waals surface area contributed by atoms with Gasteiger partial charge >= 0.3 is 0 Å². The second kappa shape index (κ2) is 3.97. The van der Waals surface area contributed by atoms with Crippen molar-refractivity contribution in [1.82, 2.24) is 0 Å². The molecule has 0 radical (unpaired) electrons. The van der Waals surface area contributed by atoms with Gasteiger partial charge in [0.15, 0.2) is 11.6 Å². The first-order chi connectivity index (χ1) is 4.83. The number of thiol groups is 2. The van der Waals surface area contributed by atoms with Crippen LogP contribution in [0.3, 0.4) is 0 Å². The van der Waals surface area contributed by atoms with Crippen LogP contribution in [0.5, 0.6) is 0 Å². The van der Waals surface area contributed by atoms with Crippen LogP contribution in [0.1, 0.15) is 6.42 Å². The summed E-state index contributed by atoms with van der Waals surface area (Å²) in [4.78, 5) is 0. The quantitative estimate of drug-likeness (QED) is 0.249. The summed E-state index contributed by atoms with van der Waals surface area (Å²) in [5.41, 5.74) is 0. The minimum absolute atomic E-state index is 0.260. The predicted molar refractivity (Wildman–Crippen MR) is 46.7 cm³/mol. The van der Waals surface area contributed by atoms with Crippen LogP contribution < -0.4 is 0 Å². The second-order valence-corrected chi connectivity index (χ2v) is 3.09. The van der Waals surface area contributed by atoms with Crippen molar-refractivity contribution in [3.8, 4) is 0 Å². The fraction of sp³-hybridized carbons (Fsp3) is 1.00. The third kappa shape index (κ3) is 4.89. The molecule has 0 rings (SSSR count). The van der Waals surface area contributed by atoms with Crippen molar-refractivity contribution in [2.75, 3.05) is 11.5 Å². The standard InChI is InChI=1S/C5H12O4S2/c6-4(7,2-10)1-5(8,9)3-11/h6-11H,1-3H2. The smallest absolute Gasteiger partial charge is 0.176 e. The third-order valence-corrected chi connectivity index (χ3v) is 2.09. The number of aliphatic hydroxyl groups is 4. The molecule has 0 aromatic rings. The average Bonchev–Trinajstić information content (AvgIpc) is 1.86. The maximum Gasteiger partial charge on any atom is 0.176 e. The first-order valence-corrected chi connectivity index (χ1v) is 4.21. The number of rotatable bonds is 4. The van der Waals surface area contributed by atoms with Crippen LogP contribution in [-0.4, -0.2) is 43.5 Å². The second-order valence-electron chi connectivity index (χ2n) is 2.46. The highest BCUT2D eigenvalue weighted by atomic mass is 32.1. The van der Waals surface area contributed by atoms with Gasteiger partial charge in [0, 0.05) is 11.5 Å². The first kappa shape index (κ1) is 11.5. The fourth-order valence-corrected chi connectivity index (χ4v) is 0.789. The zero-order chi connectivity index (χ0) is 9.12. The van der Waals surface area contributed by atoms with Crippen molar-refractivity contribution in [3.63, 3.8) is 0 Å². The molecule has 0 aromatic heterocycles. The molecule has 0 heterocycles. The lowest BCUT2D eigenvalue weighted by Crippen LogP contribution is -2.43. The minimum Gasteiger partial charge on any atom is -0.365 e. The Morgan fingerprint density at radius 3 is 1.27 bits per heavy atom. The molecule has 0 amide bonds. The molecule has 6 heteroatoms. The molecule has 0 fully saturated rings. The molecular formula is C5H12O4S2. The normalized spacial score (nSPS) is 13.6. The van der Waals surface area contributed by atoms with Gasteiger partial charge in [0.05, 0.1) is 6.42 Å². The van der Waals surface area contributed by atoms with Gasteiger partial charge in [0.1, 0.15) is 0 Å². The van der Waals surface area contributed by atoms with Crippen molar-refractivity contribution in [2.45, 2.75) is 18.0 Å². The van der Waals surface area contributed by atoms with E-state index in [4.69, 9.17) is 20.4 Å². The lowest BCUT2D eigenvalue weighted by atomic mass is 10.1. The molecule has 0 aliphatic rings. The van der Waals surface area contributed by atoms with E-state index in [1.165, 1.54) is 0 Å². The SMILES string of the molecule is OC(O)(CS)CC(O)(O)CS. The van der Waals surface area contributed by atoms with E-state index in [0.717, 1.165) is 0 Å². The monoisotopic (exact) mass is 200 g/mol. The largest absolute Gasteiger partial charge is 0.365 e. The molecule has 0 saturated carbocycles. The molecule has 4 nitrogen and oxygen atoms in total. The topological polar surface area (TPSA) is 80.9 Å². The zero-order valence-corrected chi connectivity index (χ0v) is 7.59. The highest BCUT2D eigenvalue weighted by Gasteiger charge is 2.33. The highest BCUT2D eigenvalue weighted by Crippen LogP contribution is 2.18. The summed E-state index contributed by atoms with van der Waals surface area (Å²) in [5, 5.41) is 35.7. The van der Waals surface area contributed by atoms with E-state index in [2.05, 4.69) is 25.3 Å². The Labute approximate surface area is 75.7 Å². The van der Waals surface area contributed by atoms with Gasteiger partial charge in [-0.25, -0.2) is 0 Å². The van der Waals surface area contributed by atoms with Gasteiger partial charge in [0.25, 0.3) is 0 Å². The Hall–Kier alpha value is 0.540. The molecule has 0 bridgehead atoms. The van der Waals surface area contributed by atoms with E-state index in [1.807, 2.05) is 0 Å². The maximum absolute atomic E-state index is 8.92. The molecule has 4 N–H and O–H groups in total. The lowest BCUT2D eigenvalue weighted by molar-refractivity contribution is -0.234. The van der Waals surface area contributed by atoms with Crippen LogP contribution in [-0.2, 0) is 0 Å². The summed E-state index contributed by atoms with van der Waals surface area (Å²) >= 11 is 7.21. The van der Waals surface area contributed by atoms with E-state index in [1.54, 1.807) is 0 Å². The molecule has 0 atom stereocenters. The lowest BCUT2D eigenvalue weighted by Gasteiger charge is -2.27. The van der Waals surface area contributed by atoms with Crippen LogP contribution in [0.2, 0.25) is 0 Å². The Bertz CT molecular complexity index is 112. The molecule has 0 spiro atoms. The summed E-state index contributed by atoms with van der Waals surface area (Å²) < 4.78 is 0. The van der Waals surface area contributed by atoms with Crippen LogP contribution >= 0.6 is 25.3 Å². The van der Waals surface area contributed by atoms with Crippen molar-refractivity contribution in [2.24, 2.45) is 0 Å². The van der Waals surface area contributed by atoms with E-state index in [9.17, 15) is 0 Å². The van der Waals surface area contributed by atoms with Crippen molar-refractivity contribution in [1.29, 1.82) is 0 Å². The molecule has 11 heavy (non-hydrogen) atoms. The van der Waals surface area contributed by atoms with Gasteiger partial charge < -0.3 is 20.4 Å². The minimum atomic E-state index is -2.16. The molecule has 0 aliphatic carbocycles. The summed E-state index contributed by atoms with van der Waals surface area (Å²) in [6.45, 7) is 0. The van der Waals surface area contributed by atoms with Gasteiger partial charge in [-0.1, -0.05) is 0 Å². The van der Waals surface area contributed by atoms with E-state index in [-0.39, 0.29) is 11.5 Å². The Balaban J connectivity index is 4.02. The summed E-state index contributed by atoms with van der Waals surface area (Å²) in [7, 11) is 0. The van der Waals surface area contributed by atoms with Crippen molar-refractivity contribution in [3.05, 3.63) is 0 Å². The van der Waals surface area contributed by atoms with E-state index >= 15 is 0 Å². The van der Waals surface area contributed by atoms with E-state index < -0.39 is 18.0 Å². The van der Waals surface area contributed by atoms with Crippen LogP contribution in [0.4, 0.5) is 0 Å². The molecule has 0 aromatic carbocycles.